The van der Waals surface area contributed by atoms with Gasteiger partial charge >= 0.3 is 5.97 Å². The van der Waals surface area contributed by atoms with E-state index in [1.807, 2.05) is 18.2 Å². The van der Waals surface area contributed by atoms with Gasteiger partial charge in [0, 0.05) is 10.9 Å². The molecule has 0 radical (unpaired) electrons. The van der Waals surface area contributed by atoms with Crippen LogP contribution in [0.1, 0.15) is 24.5 Å². The number of carbonyl (C=O) groups is 1. The van der Waals surface area contributed by atoms with E-state index in [0.29, 0.717) is 10.2 Å². The summed E-state index contributed by atoms with van der Waals surface area (Å²) < 4.78 is 6.82. The molecule has 0 spiro atoms. The highest BCUT2D eigenvalue weighted by molar-refractivity contribution is 7.25. The minimum absolute atomic E-state index is 0.134. The average molecular weight is 405 g/mol. The van der Waals surface area contributed by atoms with Crippen molar-refractivity contribution >= 4 is 37.7 Å². The van der Waals surface area contributed by atoms with Gasteiger partial charge in [0.15, 0.2) is 0 Å². The Kier molecular flexibility index (Phi) is 4.39. The highest BCUT2D eigenvalue weighted by atomic mass is 32.1. The Balaban J connectivity index is 1.73. The van der Waals surface area contributed by atoms with Crippen LogP contribution in [0, 0.1) is 0 Å². The van der Waals surface area contributed by atoms with Gasteiger partial charge < -0.3 is 4.74 Å². The lowest BCUT2D eigenvalue weighted by Gasteiger charge is -2.09. The Morgan fingerprint density at radius 1 is 1.21 bits per heavy atom. The second kappa shape index (κ2) is 7.08. The van der Waals surface area contributed by atoms with E-state index < -0.39 is 5.97 Å². The maximum Gasteiger partial charge on any atom is 0.326 e. The maximum absolute atomic E-state index is 13.0. The van der Waals surface area contributed by atoms with Crippen LogP contribution in [0.3, 0.4) is 0 Å². The lowest BCUT2D eigenvalue weighted by molar-refractivity contribution is -0.143. The molecule has 4 aromatic rings. The Labute approximate surface area is 170 Å². The molecule has 0 aliphatic heterocycles. The Hall–Kier alpha value is -3.06. The van der Waals surface area contributed by atoms with Crippen molar-refractivity contribution in [3.05, 3.63) is 58.1 Å². The summed E-state index contributed by atoms with van der Waals surface area (Å²) in [4.78, 5) is 35.1. The number of carbonyl (C=O) groups excluding carboxylic acids is 1. The summed E-state index contributed by atoms with van der Waals surface area (Å²) in [5, 5.41) is 0.998. The van der Waals surface area contributed by atoms with Crippen molar-refractivity contribution in [2.24, 2.45) is 0 Å². The van der Waals surface area contributed by atoms with Gasteiger partial charge in [-0.05, 0) is 37.3 Å². The van der Waals surface area contributed by atoms with Crippen molar-refractivity contribution in [3.63, 3.8) is 0 Å². The molecule has 0 amide bonds. The molecule has 0 unspecified atom stereocenters. The first-order valence-corrected chi connectivity index (χ1v) is 10.5. The van der Waals surface area contributed by atoms with E-state index in [0.717, 1.165) is 40.7 Å². The summed E-state index contributed by atoms with van der Waals surface area (Å²) in [5.41, 5.74) is 5.09. The number of nitrogens with zero attached hydrogens (tertiary/aromatic N) is 3. The van der Waals surface area contributed by atoms with Crippen LogP contribution in [0.4, 0.5) is 0 Å². The number of rotatable bonds is 4. The third kappa shape index (κ3) is 2.93. The second-order valence-corrected chi connectivity index (χ2v) is 8.08. The average Bonchev–Trinajstić information content (AvgIpc) is 3.35. The second-order valence-electron chi connectivity index (χ2n) is 7.08. The van der Waals surface area contributed by atoms with Gasteiger partial charge in [0.25, 0.3) is 5.56 Å². The van der Waals surface area contributed by atoms with Gasteiger partial charge in [0.05, 0.1) is 24.1 Å². The summed E-state index contributed by atoms with van der Waals surface area (Å²) in [7, 11) is 0. The largest absolute Gasteiger partial charge is 0.465 e. The van der Waals surface area contributed by atoms with Gasteiger partial charge in [-0.2, -0.15) is 0 Å². The van der Waals surface area contributed by atoms with E-state index in [-0.39, 0.29) is 18.7 Å². The van der Waals surface area contributed by atoms with E-state index in [2.05, 4.69) is 17.1 Å². The molecule has 3 aromatic heterocycles. The third-order valence-electron chi connectivity index (χ3n) is 5.32. The van der Waals surface area contributed by atoms with Crippen molar-refractivity contribution in [1.82, 2.24) is 14.5 Å². The zero-order valence-corrected chi connectivity index (χ0v) is 16.8. The zero-order valence-electron chi connectivity index (χ0n) is 16.0. The fraction of sp³-hybridized carbons (Fsp3) is 0.273. The van der Waals surface area contributed by atoms with Crippen LogP contribution in [0.25, 0.3) is 31.7 Å². The van der Waals surface area contributed by atoms with Crippen LogP contribution < -0.4 is 5.56 Å². The summed E-state index contributed by atoms with van der Waals surface area (Å²) in [5.74, 6) is -0.442. The Morgan fingerprint density at radius 2 is 2.00 bits per heavy atom. The number of esters is 1. The molecule has 0 saturated heterocycles. The molecule has 0 atom stereocenters. The Bertz CT molecular complexity index is 1310. The first-order valence-electron chi connectivity index (χ1n) is 9.71. The predicted molar refractivity (Wildman–Crippen MR) is 113 cm³/mol. The van der Waals surface area contributed by atoms with Crippen molar-refractivity contribution in [1.29, 1.82) is 0 Å². The number of thiophene rings is 1. The van der Waals surface area contributed by atoms with Crippen molar-refractivity contribution in [2.45, 2.75) is 32.7 Å². The molecule has 1 aromatic carbocycles. The lowest BCUT2D eigenvalue weighted by Crippen LogP contribution is -2.25. The van der Waals surface area contributed by atoms with Crippen LogP contribution in [-0.2, 0) is 28.9 Å². The number of pyridine rings is 1. The van der Waals surface area contributed by atoms with Crippen LogP contribution in [-0.4, -0.2) is 27.1 Å². The predicted octanol–water partition coefficient (Wildman–Crippen LogP) is 3.73. The molecule has 0 bridgehead atoms. The van der Waals surface area contributed by atoms with Gasteiger partial charge in [-0.3, -0.25) is 14.2 Å². The summed E-state index contributed by atoms with van der Waals surface area (Å²) >= 11 is 1.36. The van der Waals surface area contributed by atoms with Gasteiger partial charge in [0.1, 0.15) is 16.1 Å². The molecular formula is C22H19N3O3S. The molecule has 0 N–H and O–H groups in total. The number of fused-ring (bicyclic) bond motifs is 5. The highest BCUT2D eigenvalue weighted by Gasteiger charge is 2.25. The molecular weight excluding hydrogens is 386 g/mol. The molecule has 5 rings (SSSR count). The molecule has 6 nitrogen and oxygen atoms in total. The fourth-order valence-corrected chi connectivity index (χ4v) is 5.19. The topological polar surface area (TPSA) is 74.1 Å². The molecule has 7 heteroatoms. The summed E-state index contributed by atoms with van der Waals surface area (Å²) in [6.45, 7) is 1.89. The number of benzene rings is 1. The highest BCUT2D eigenvalue weighted by Crippen LogP contribution is 2.40. The monoisotopic (exact) mass is 405 g/mol. The number of aromatic nitrogens is 3. The summed E-state index contributed by atoms with van der Waals surface area (Å²) in [6.07, 6.45) is 4.47. The number of hydrogen-bond acceptors (Lipinski definition) is 6. The SMILES string of the molecule is CCOC(=O)Cn1cnc2c(sc3nc(-c4ccccc4)c4c(c32)CCC4)c1=O. The zero-order chi connectivity index (χ0) is 20.0. The minimum Gasteiger partial charge on any atom is -0.465 e. The van der Waals surface area contributed by atoms with Gasteiger partial charge in [-0.15, -0.1) is 11.3 Å². The lowest BCUT2D eigenvalue weighted by atomic mass is 10.0. The van der Waals surface area contributed by atoms with Gasteiger partial charge in [-0.25, -0.2) is 9.97 Å². The first-order chi connectivity index (χ1) is 14.2. The van der Waals surface area contributed by atoms with E-state index in [4.69, 9.17) is 9.72 Å². The molecule has 29 heavy (non-hydrogen) atoms. The van der Waals surface area contributed by atoms with E-state index in [1.54, 1.807) is 6.92 Å². The smallest absolute Gasteiger partial charge is 0.326 e. The minimum atomic E-state index is -0.442. The van der Waals surface area contributed by atoms with E-state index >= 15 is 0 Å². The fourth-order valence-electron chi connectivity index (χ4n) is 4.08. The quantitative estimate of drug-likeness (QED) is 0.484. The first kappa shape index (κ1) is 18.0. The molecule has 0 fully saturated rings. The van der Waals surface area contributed by atoms with Crippen LogP contribution in [0.15, 0.2) is 41.5 Å². The summed E-state index contributed by atoms with van der Waals surface area (Å²) in [6, 6.07) is 10.2. The molecule has 146 valence electrons. The Morgan fingerprint density at radius 3 is 2.79 bits per heavy atom. The number of ether oxygens (including phenoxy) is 1. The number of hydrogen-bond donors (Lipinski definition) is 0. The molecule has 0 saturated carbocycles. The van der Waals surface area contributed by atoms with Crippen LogP contribution >= 0.6 is 11.3 Å². The normalized spacial score (nSPS) is 13.1. The van der Waals surface area contributed by atoms with Crippen molar-refractivity contribution in [2.75, 3.05) is 6.61 Å². The van der Waals surface area contributed by atoms with Gasteiger partial charge in [0.2, 0.25) is 0 Å². The van der Waals surface area contributed by atoms with Crippen molar-refractivity contribution < 1.29 is 9.53 Å². The van der Waals surface area contributed by atoms with Gasteiger partial charge in [-0.1, -0.05) is 30.3 Å². The molecule has 1 aliphatic rings. The van der Waals surface area contributed by atoms with Crippen LogP contribution in [0.2, 0.25) is 0 Å². The number of aryl methyl sites for hydroxylation is 1. The van der Waals surface area contributed by atoms with E-state index in [1.165, 1.54) is 33.4 Å². The molecule has 3 heterocycles. The van der Waals surface area contributed by atoms with Crippen LogP contribution in [0.5, 0.6) is 0 Å². The van der Waals surface area contributed by atoms with E-state index in [9.17, 15) is 9.59 Å². The van der Waals surface area contributed by atoms with Crippen molar-refractivity contribution in [3.8, 4) is 11.3 Å². The standard InChI is InChI=1S/C22H19N3O3S/c1-2-28-16(26)11-25-12-23-19-17-14-9-6-10-15(14)18(13-7-4-3-5-8-13)24-21(17)29-20(19)22(25)27/h3-5,7-8,12H,2,6,9-11H2,1H3. The maximum atomic E-state index is 13.0. The molecule has 1 aliphatic carbocycles. The third-order valence-corrected chi connectivity index (χ3v) is 6.38.